The van der Waals surface area contributed by atoms with Crippen molar-refractivity contribution in [3.8, 4) is 0 Å². The number of nitrogens with zero attached hydrogens (tertiary/aromatic N) is 2. The monoisotopic (exact) mass is 254 g/mol. The van der Waals surface area contributed by atoms with Gasteiger partial charge in [0.25, 0.3) is 0 Å². The Labute approximate surface area is 104 Å². The molecule has 0 aromatic carbocycles. The van der Waals surface area contributed by atoms with E-state index in [2.05, 4.69) is 11.3 Å². The lowest BCUT2D eigenvalue weighted by atomic mass is 10.3. The highest BCUT2D eigenvalue weighted by atomic mass is 16.6. The van der Waals surface area contributed by atoms with Gasteiger partial charge in [-0.3, -0.25) is 24.2 Å². The standard InChI is InChI=1S/C11H14N2O5/c1-8-4-12(5-9(14)17-8)2-3-13-6-10(15)18-11(16)7-13/h1-7H2. The number of esters is 3. The number of morpholine rings is 2. The van der Waals surface area contributed by atoms with Crippen LogP contribution in [0.1, 0.15) is 0 Å². The van der Waals surface area contributed by atoms with Crippen molar-refractivity contribution in [1.82, 2.24) is 9.80 Å². The first-order chi connectivity index (χ1) is 8.52. The van der Waals surface area contributed by atoms with Crippen LogP contribution in [0.3, 0.4) is 0 Å². The highest BCUT2D eigenvalue weighted by molar-refractivity contribution is 5.90. The van der Waals surface area contributed by atoms with E-state index in [1.54, 1.807) is 4.90 Å². The van der Waals surface area contributed by atoms with Crippen LogP contribution in [0.5, 0.6) is 0 Å². The molecule has 2 aliphatic heterocycles. The molecule has 2 heterocycles. The average molecular weight is 254 g/mol. The van der Waals surface area contributed by atoms with Crippen molar-refractivity contribution in [2.75, 3.05) is 39.3 Å². The molecular weight excluding hydrogens is 240 g/mol. The summed E-state index contributed by atoms with van der Waals surface area (Å²) in [5, 5.41) is 0. The van der Waals surface area contributed by atoms with E-state index >= 15 is 0 Å². The molecule has 0 aliphatic carbocycles. The maximum absolute atomic E-state index is 11.2. The molecule has 7 nitrogen and oxygen atoms in total. The van der Waals surface area contributed by atoms with Gasteiger partial charge in [-0.15, -0.1) is 0 Å². The maximum atomic E-state index is 11.2. The third kappa shape index (κ3) is 3.38. The van der Waals surface area contributed by atoms with Crippen LogP contribution in [0.4, 0.5) is 0 Å². The van der Waals surface area contributed by atoms with Gasteiger partial charge in [-0.1, -0.05) is 6.58 Å². The number of hydrogen-bond acceptors (Lipinski definition) is 7. The van der Waals surface area contributed by atoms with Crippen molar-refractivity contribution in [1.29, 1.82) is 0 Å². The van der Waals surface area contributed by atoms with Crippen molar-refractivity contribution < 1.29 is 23.9 Å². The van der Waals surface area contributed by atoms with Gasteiger partial charge in [-0.2, -0.15) is 0 Å². The minimum absolute atomic E-state index is 0.102. The van der Waals surface area contributed by atoms with E-state index in [-0.39, 0.29) is 25.6 Å². The number of hydrogen-bond donors (Lipinski definition) is 0. The quantitative estimate of drug-likeness (QED) is 0.460. The summed E-state index contributed by atoms with van der Waals surface area (Å²) >= 11 is 0. The molecule has 2 saturated heterocycles. The molecule has 0 unspecified atom stereocenters. The van der Waals surface area contributed by atoms with Crippen LogP contribution in [-0.2, 0) is 23.9 Å². The van der Waals surface area contributed by atoms with Gasteiger partial charge in [-0.25, -0.2) is 0 Å². The molecule has 18 heavy (non-hydrogen) atoms. The van der Waals surface area contributed by atoms with Gasteiger partial charge in [0.1, 0.15) is 5.76 Å². The van der Waals surface area contributed by atoms with Gasteiger partial charge in [0, 0.05) is 13.1 Å². The molecule has 0 saturated carbocycles. The third-order valence-corrected chi connectivity index (χ3v) is 2.68. The topological polar surface area (TPSA) is 76.2 Å². The second-order valence-electron chi connectivity index (χ2n) is 4.28. The first kappa shape index (κ1) is 12.7. The smallest absolute Gasteiger partial charge is 0.327 e. The first-order valence-electron chi connectivity index (χ1n) is 5.59. The van der Waals surface area contributed by atoms with E-state index < -0.39 is 11.9 Å². The van der Waals surface area contributed by atoms with Gasteiger partial charge < -0.3 is 9.47 Å². The second kappa shape index (κ2) is 5.28. The predicted molar refractivity (Wildman–Crippen MR) is 59.2 cm³/mol. The van der Waals surface area contributed by atoms with Crippen LogP contribution in [0.2, 0.25) is 0 Å². The Morgan fingerprint density at radius 1 is 0.833 bits per heavy atom. The van der Waals surface area contributed by atoms with Gasteiger partial charge in [0.2, 0.25) is 0 Å². The maximum Gasteiger partial charge on any atom is 0.327 e. The molecule has 0 atom stereocenters. The molecule has 2 fully saturated rings. The summed E-state index contributed by atoms with van der Waals surface area (Å²) in [5.74, 6) is -0.983. The number of cyclic esters (lactones) is 3. The molecule has 7 heteroatoms. The minimum Gasteiger partial charge on any atom is -0.429 e. The van der Waals surface area contributed by atoms with E-state index in [0.29, 0.717) is 25.4 Å². The Morgan fingerprint density at radius 2 is 1.28 bits per heavy atom. The van der Waals surface area contributed by atoms with Crippen molar-refractivity contribution >= 4 is 17.9 Å². The lowest BCUT2D eigenvalue weighted by molar-refractivity contribution is -0.167. The minimum atomic E-state index is -0.534. The average Bonchev–Trinajstić information content (AvgIpc) is 2.23. The van der Waals surface area contributed by atoms with Crippen molar-refractivity contribution in [2.45, 2.75) is 0 Å². The number of carbonyl (C=O) groups excluding carboxylic acids is 3. The fraction of sp³-hybridized carbons (Fsp3) is 0.545. The summed E-state index contributed by atoms with van der Waals surface area (Å²) in [4.78, 5) is 36.8. The molecule has 2 aliphatic rings. The Kier molecular flexibility index (Phi) is 3.73. The summed E-state index contributed by atoms with van der Waals surface area (Å²) in [6.45, 7) is 5.57. The van der Waals surface area contributed by atoms with E-state index in [9.17, 15) is 14.4 Å². The SMILES string of the molecule is C=C1CN(CCN2CC(=O)OC(=O)C2)CC(=O)O1. The summed E-state index contributed by atoms with van der Waals surface area (Å²) in [5.41, 5.74) is 0. The summed E-state index contributed by atoms with van der Waals surface area (Å²) in [6, 6.07) is 0. The Bertz CT molecular complexity index is 336. The molecule has 0 spiro atoms. The van der Waals surface area contributed by atoms with E-state index in [4.69, 9.17) is 4.74 Å². The van der Waals surface area contributed by atoms with Gasteiger partial charge in [0.05, 0.1) is 26.2 Å². The van der Waals surface area contributed by atoms with Gasteiger partial charge in [-0.05, 0) is 0 Å². The normalized spacial score (nSPS) is 22.9. The Morgan fingerprint density at radius 3 is 1.78 bits per heavy atom. The van der Waals surface area contributed by atoms with Crippen molar-refractivity contribution in [2.24, 2.45) is 0 Å². The summed E-state index contributed by atoms with van der Waals surface area (Å²) in [7, 11) is 0. The van der Waals surface area contributed by atoms with Crippen LogP contribution < -0.4 is 0 Å². The molecular formula is C11H14N2O5. The fourth-order valence-electron chi connectivity index (χ4n) is 1.93. The highest BCUT2D eigenvalue weighted by Crippen LogP contribution is 2.08. The fourth-order valence-corrected chi connectivity index (χ4v) is 1.93. The first-order valence-corrected chi connectivity index (χ1v) is 5.59. The molecule has 0 aromatic heterocycles. The summed E-state index contributed by atoms with van der Waals surface area (Å²) < 4.78 is 9.25. The lowest BCUT2D eigenvalue weighted by Crippen LogP contribution is -2.47. The predicted octanol–water partition coefficient (Wildman–Crippen LogP) is -1.26. The van der Waals surface area contributed by atoms with Crippen LogP contribution in [-0.4, -0.2) is 67.0 Å². The second-order valence-corrected chi connectivity index (χ2v) is 4.28. The molecule has 0 bridgehead atoms. The third-order valence-electron chi connectivity index (χ3n) is 2.68. The van der Waals surface area contributed by atoms with Crippen molar-refractivity contribution in [3.63, 3.8) is 0 Å². The largest absolute Gasteiger partial charge is 0.429 e. The van der Waals surface area contributed by atoms with E-state index in [0.717, 1.165) is 0 Å². The molecule has 0 N–H and O–H groups in total. The van der Waals surface area contributed by atoms with E-state index in [1.807, 2.05) is 4.90 Å². The Hall–Kier alpha value is -1.73. The van der Waals surface area contributed by atoms with Crippen LogP contribution >= 0.6 is 0 Å². The van der Waals surface area contributed by atoms with Gasteiger partial charge in [0.15, 0.2) is 0 Å². The number of carbonyl (C=O) groups is 3. The van der Waals surface area contributed by atoms with Crippen LogP contribution in [0.25, 0.3) is 0 Å². The lowest BCUT2D eigenvalue weighted by Gasteiger charge is -2.30. The van der Waals surface area contributed by atoms with E-state index in [1.165, 1.54) is 0 Å². The summed E-state index contributed by atoms with van der Waals surface area (Å²) in [6.07, 6.45) is 0. The molecule has 0 radical (unpaired) electrons. The molecule has 98 valence electrons. The van der Waals surface area contributed by atoms with Gasteiger partial charge >= 0.3 is 17.9 Å². The van der Waals surface area contributed by atoms with Crippen molar-refractivity contribution in [3.05, 3.63) is 12.3 Å². The molecule has 0 amide bonds. The zero-order chi connectivity index (χ0) is 13.1. The van der Waals surface area contributed by atoms with Crippen LogP contribution in [0, 0.1) is 0 Å². The highest BCUT2D eigenvalue weighted by Gasteiger charge is 2.26. The number of rotatable bonds is 3. The zero-order valence-corrected chi connectivity index (χ0v) is 9.89. The molecule has 0 aromatic rings. The Balaban J connectivity index is 1.80. The molecule has 2 rings (SSSR count). The van der Waals surface area contributed by atoms with Crippen LogP contribution in [0.15, 0.2) is 12.3 Å². The zero-order valence-electron chi connectivity index (χ0n) is 9.89. The number of ether oxygens (including phenoxy) is 2.